The van der Waals surface area contributed by atoms with Gasteiger partial charge in [-0.1, -0.05) is 29.5 Å². The van der Waals surface area contributed by atoms with E-state index in [1.54, 1.807) is 31.3 Å². The SMILES string of the molecule is CN1CCC(O)(C#Cc2cccc(-n3nc(C(=O)O)c4cnc(Cl)cc43)c2)C1=O. The molecule has 0 radical (unpaired) electrons. The molecule has 146 valence electrons. The standard InChI is InChI=1S/C20H15ClN4O4/c1-24-8-7-20(29,19(24)28)6-5-12-3-2-4-13(9-12)25-15-10-16(21)22-11-14(15)17(23-25)18(26)27/h2-4,9-11,29H,7-8H2,1H3,(H,26,27). The average molecular weight is 411 g/mol. The topological polar surface area (TPSA) is 109 Å². The van der Waals surface area contributed by atoms with Crippen molar-refractivity contribution in [3.63, 3.8) is 0 Å². The number of pyridine rings is 1. The summed E-state index contributed by atoms with van der Waals surface area (Å²) in [5.74, 6) is 3.89. The van der Waals surface area contributed by atoms with Crippen LogP contribution in [-0.2, 0) is 4.79 Å². The molecule has 0 saturated carbocycles. The van der Waals surface area contributed by atoms with Crippen LogP contribution in [0.1, 0.15) is 22.5 Å². The fourth-order valence-electron chi connectivity index (χ4n) is 3.20. The van der Waals surface area contributed by atoms with E-state index >= 15 is 0 Å². The van der Waals surface area contributed by atoms with Crippen molar-refractivity contribution in [3.8, 4) is 17.5 Å². The number of nitrogens with zero attached hydrogens (tertiary/aromatic N) is 4. The second-order valence-electron chi connectivity index (χ2n) is 6.73. The van der Waals surface area contributed by atoms with Crippen molar-refractivity contribution in [2.75, 3.05) is 13.6 Å². The lowest BCUT2D eigenvalue weighted by Gasteiger charge is -2.13. The van der Waals surface area contributed by atoms with Crippen molar-refractivity contribution >= 4 is 34.4 Å². The number of likely N-dealkylation sites (tertiary alicyclic amines) is 1. The molecule has 4 rings (SSSR count). The maximum atomic E-state index is 12.1. The van der Waals surface area contributed by atoms with Crippen LogP contribution >= 0.6 is 11.6 Å². The van der Waals surface area contributed by atoms with Crippen LogP contribution in [-0.4, -0.2) is 60.9 Å². The molecule has 1 aromatic carbocycles. The first-order valence-corrected chi connectivity index (χ1v) is 9.05. The summed E-state index contributed by atoms with van der Waals surface area (Å²) in [7, 11) is 1.62. The van der Waals surface area contributed by atoms with Crippen LogP contribution in [0.15, 0.2) is 36.5 Å². The normalized spacial score (nSPS) is 18.7. The number of halogens is 1. The summed E-state index contributed by atoms with van der Waals surface area (Å²) in [5.41, 5.74) is -0.260. The van der Waals surface area contributed by atoms with Gasteiger partial charge in [0.2, 0.25) is 5.60 Å². The summed E-state index contributed by atoms with van der Waals surface area (Å²) in [6, 6.07) is 8.40. The molecular weight excluding hydrogens is 396 g/mol. The van der Waals surface area contributed by atoms with Gasteiger partial charge in [-0.25, -0.2) is 14.5 Å². The molecule has 1 aliphatic heterocycles. The van der Waals surface area contributed by atoms with Crippen molar-refractivity contribution in [2.24, 2.45) is 0 Å². The number of fused-ring (bicyclic) bond motifs is 1. The van der Waals surface area contributed by atoms with E-state index in [9.17, 15) is 19.8 Å². The summed E-state index contributed by atoms with van der Waals surface area (Å²) in [4.78, 5) is 29.0. The van der Waals surface area contributed by atoms with E-state index in [1.807, 2.05) is 0 Å². The molecule has 1 aliphatic rings. The van der Waals surface area contributed by atoms with E-state index < -0.39 is 17.5 Å². The van der Waals surface area contributed by atoms with Crippen molar-refractivity contribution < 1.29 is 19.8 Å². The molecule has 1 unspecified atom stereocenters. The van der Waals surface area contributed by atoms with Gasteiger partial charge in [0.15, 0.2) is 5.69 Å². The van der Waals surface area contributed by atoms with Gasteiger partial charge in [0, 0.05) is 37.8 Å². The number of carbonyl (C=O) groups excluding carboxylic acids is 1. The van der Waals surface area contributed by atoms with Crippen LogP contribution in [0.4, 0.5) is 0 Å². The molecule has 29 heavy (non-hydrogen) atoms. The fraction of sp³-hybridized carbons (Fsp3) is 0.200. The second kappa shape index (κ2) is 6.88. The maximum Gasteiger partial charge on any atom is 0.357 e. The number of aliphatic hydroxyl groups is 1. The number of amides is 1. The Morgan fingerprint density at radius 1 is 1.34 bits per heavy atom. The van der Waals surface area contributed by atoms with Crippen LogP contribution in [0, 0.1) is 11.8 Å². The summed E-state index contributed by atoms with van der Waals surface area (Å²) in [6.07, 6.45) is 1.61. The predicted octanol–water partition coefficient (Wildman–Crippen LogP) is 1.72. The number of likely N-dealkylation sites (N-methyl/N-ethyl adjacent to an activating group) is 1. The number of rotatable bonds is 2. The smallest absolute Gasteiger partial charge is 0.357 e. The van der Waals surface area contributed by atoms with E-state index in [4.69, 9.17) is 11.6 Å². The Morgan fingerprint density at radius 3 is 2.83 bits per heavy atom. The molecule has 3 aromatic rings. The highest BCUT2D eigenvalue weighted by molar-refractivity contribution is 6.30. The van der Waals surface area contributed by atoms with Gasteiger partial charge in [0.25, 0.3) is 5.91 Å². The number of benzene rings is 1. The summed E-state index contributed by atoms with van der Waals surface area (Å²) in [6.45, 7) is 0.441. The largest absolute Gasteiger partial charge is 0.476 e. The van der Waals surface area contributed by atoms with Crippen LogP contribution in [0.5, 0.6) is 0 Å². The van der Waals surface area contributed by atoms with Crippen molar-refractivity contribution in [1.82, 2.24) is 19.7 Å². The highest BCUT2D eigenvalue weighted by Crippen LogP contribution is 2.25. The predicted molar refractivity (Wildman–Crippen MR) is 105 cm³/mol. The third-order valence-electron chi connectivity index (χ3n) is 4.75. The number of carbonyl (C=O) groups is 2. The van der Waals surface area contributed by atoms with Crippen molar-refractivity contribution in [2.45, 2.75) is 12.0 Å². The number of hydrogen-bond donors (Lipinski definition) is 2. The van der Waals surface area contributed by atoms with E-state index in [-0.39, 0.29) is 17.3 Å². The monoisotopic (exact) mass is 410 g/mol. The lowest BCUT2D eigenvalue weighted by atomic mass is 10.0. The summed E-state index contributed by atoms with van der Waals surface area (Å²) >= 11 is 5.98. The number of aromatic carboxylic acids is 1. The first-order valence-electron chi connectivity index (χ1n) is 8.68. The second-order valence-corrected chi connectivity index (χ2v) is 7.11. The van der Waals surface area contributed by atoms with Crippen molar-refractivity contribution in [3.05, 3.63) is 52.9 Å². The Morgan fingerprint density at radius 2 is 2.14 bits per heavy atom. The van der Waals surface area contributed by atoms with Crippen LogP contribution < -0.4 is 0 Å². The molecule has 1 saturated heterocycles. The van der Waals surface area contributed by atoms with Gasteiger partial charge < -0.3 is 15.1 Å². The summed E-state index contributed by atoms with van der Waals surface area (Å²) < 4.78 is 1.45. The van der Waals surface area contributed by atoms with Gasteiger partial charge in [0.05, 0.1) is 16.6 Å². The molecule has 1 atom stereocenters. The van der Waals surface area contributed by atoms with Gasteiger partial charge in [0.1, 0.15) is 5.15 Å². The minimum atomic E-state index is -1.70. The molecule has 8 nitrogen and oxygen atoms in total. The fourth-order valence-corrected chi connectivity index (χ4v) is 3.35. The third kappa shape index (κ3) is 3.31. The van der Waals surface area contributed by atoms with E-state index in [1.165, 1.54) is 21.8 Å². The van der Waals surface area contributed by atoms with Crippen LogP contribution in [0.2, 0.25) is 5.15 Å². The Balaban J connectivity index is 1.78. The molecule has 0 bridgehead atoms. The highest BCUT2D eigenvalue weighted by atomic mass is 35.5. The number of aromatic nitrogens is 3. The summed E-state index contributed by atoms with van der Waals surface area (Å²) in [5, 5.41) is 24.6. The molecule has 1 fully saturated rings. The van der Waals surface area contributed by atoms with E-state index in [2.05, 4.69) is 21.9 Å². The third-order valence-corrected chi connectivity index (χ3v) is 4.96. The van der Waals surface area contributed by atoms with Crippen molar-refractivity contribution in [1.29, 1.82) is 0 Å². The van der Waals surface area contributed by atoms with E-state index in [0.29, 0.717) is 28.7 Å². The molecule has 0 spiro atoms. The first-order chi connectivity index (χ1) is 13.8. The van der Waals surface area contributed by atoms with Gasteiger partial charge in [-0.15, -0.1) is 0 Å². The first kappa shape index (κ1) is 18.9. The zero-order valence-electron chi connectivity index (χ0n) is 15.3. The molecule has 2 N–H and O–H groups in total. The number of hydrogen-bond acceptors (Lipinski definition) is 5. The van der Waals surface area contributed by atoms with Gasteiger partial charge in [-0.05, 0) is 18.2 Å². The Labute approximate surface area is 170 Å². The average Bonchev–Trinajstić information content (AvgIpc) is 3.20. The molecule has 2 aromatic heterocycles. The zero-order chi connectivity index (χ0) is 20.8. The van der Waals surface area contributed by atoms with E-state index in [0.717, 1.165) is 0 Å². The lowest BCUT2D eigenvalue weighted by Crippen LogP contribution is -2.37. The molecule has 0 aliphatic carbocycles. The minimum absolute atomic E-state index is 0.144. The Hall–Kier alpha value is -3.41. The number of carboxylic acid groups (broad SMARTS) is 1. The molecule has 1 amide bonds. The van der Waals surface area contributed by atoms with Gasteiger partial charge in [-0.2, -0.15) is 5.10 Å². The zero-order valence-corrected chi connectivity index (χ0v) is 16.0. The molecule has 3 heterocycles. The molecule has 9 heteroatoms. The number of carboxylic acids is 1. The van der Waals surface area contributed by atoms with Crippen LogP contribution in [0.25, 0.3) is 16.6 Å². The highest BCUT2D eigenvalue weighted by Gasteiger charge is 2.42. The Bertz CT molecular complexity index is 1230. The van der Waals surface area contributed by atoms with Gasteiger partial charge >= 0.3 is 5.97 Å². The molecular formula is C20H15ClN4O4. The minimum Gasteiger partial charge on any atom is -0.476 e. The van der Waals surface area contributed by atoms with Gasteiger partial charge in [-0.3, -0.25) is 4.79 Å². The lowest BCUT2D eigenvalue weighted by molar-refractivity contribution is -0.137. The maximum absolute atomic E-state index is 12.1. The quantitative estimate of drug-likeness (QED) is 0.492. The van der Waals surface area contributed by atoms with Crippen LogP contribution in [0.3, 0.4) is 0 Å². The Kier molecular flexibility index (Phi) is 4.49.